The Balaban J connectivity index is 3.49. The maximum Gasteiger partial charge on any atom is 0.466 e. The van der Waals surface area contributed by atoms with Gasteiger partial charge in [0, 0.05) is 5.69 Å². The van der Waals surface area contributed by atoms with Crippen LogP contribution in [0.5, 0.6) is 0 Å². The van der Waals surface area contributed by atoms with Crippen LogP contribution in [0, 0.1) is 0 Å². The molecule has 2 N–H and O–H groups in total. The number of ether oxygens (including phenoxy) is 2. The number of halogens is 9. The van der Waals surface area contributed by atoms with Gasteiger partial charge in [0.05, 0.1) is 11.1 Å². The quantitative estimate of drug-likeness (QED) is 0.164. The lowest BCUT2D eigenvalue weighted by molar-refractivity contribution is -0.350. The Bertz CT molecular complexity index is 1040. The monoisotopic (exact) mass is 533 g/mol. The molecule has 0 fully saturated rings. The molecule has 0 bridgehead atoms. The molecular weight excluding hydrogens is 521 g/mol. The average Bonchev–Trinajstić information content (AvgIpc) is 2.68. The summed E-state index contributed by atoms with van der Waals surface area (Å²) in [5, 5.41) is -4.17. The van der Waals surface area contributed by atoms with Crippen molar-refractivity contribution in [3.63, 3.8) is 0 Å². The molecule has 0 saturated carbocycles. The van der Waals surface area contributed by atoms with Crippen molar-refractivity contribution in [1.82, 2.24) is 0 Å². The fraction of sp³-hybridized carbons (Fsp3) is 0.375. The van der Waals surface area contributed by atoms with E-state index in [9.17, 15) is 57.5 Å². The first-order valence-electron chi connectivity index (χ1n) is 8.19. The second kappa shape index (κ2) is 9.79. The van der Waals surface area contributed by atoms with E-state index in [0.29, 0.717) is 24.3 Å². The Morgan fingerprint density at radius 1 is 1.00 bits per heavy atom. The Morgan fingerprint density at radius 3 is 1.88 bits per heavy atom. The van der Waals surface area contributed by atoms with E-state index in [2.05, 4.69) is 16.1 Å². The van der Waals surface area contributed by atoms with Crippen LogP contribution >= 0.6 is 0 Å². The summed E-state index contributed by atoms with van der Waals surface area (Å²) in [5.41, 5.74) is -3.49. The molecule has 18 heteroatoms. The van der Waals surface area contributed by atoms with Crippen molar-refractivity contribution in [2.45, 2.75) is 23.4 Å². The summed E-state index contributed by atoms with van der Waals surface area (Å²) in [7, 11) is -6.41. The third kappa shape index (κ3) is 6.60. The second-order valence-corrected chi connectivity index (χ2v) is 7.72. The third-order valence-electron chi connectivity index (χ3n) is 3.65. The standard InChI is InChI=1S/C16H12F9NO7S/c1-8(6-17)11(27)33-14(16(23,24)25,32-7-13(18,19)34(29,30)31)12(28)26-10-4-2-9(3-5-10)15(20,21)22/h2-5H,1,6-7H2,(H,26,28)(H,29,30,31). The van der Waals surface area contributed by atoms with Crippen molar-refractivity contribution in [3.8, 4) is 0 Å². The first-order valence-corrected chi connectivity index (χ1v) is 9.63. The van der Waals surface area contributed by atoms with Crippen LogP contribution in [0.15, 0.2) is 36.4 Å². The molecule has 1 unspecified atom stereocenters. The number of carbonyl (C=O) groups excluding carboxylic acids is 2. The van der Waals surface area contributed by atoms with E-state index in [1.54, 1.807) is 0 Å². The van der Waals surface area contributed by atoms with Gasteiger partial charge in [0.2, 0.25) is 0 Å². The molecule has 192 valence electrons. The highest BCUT2D eigenvalue weighted by Crippen LogP contribution is 2.39. The highest BCUT2D eigenvalue weighted by molar-refractivity contribution is 7.86. The normalized spacial score (nSPS) is 14.8. The molecule has 0 aliphatic rings. The molecule has 1 amide bonds. The number of hydrogen-bond acceptors (Lipinski definition) is 6. The van der Waals surface area contributed by atoms with E-state index in [4.69, 9.17) is 4.55 Å². The molecule has 1 aromatic carbocycles. The first kappa shape index (κ1) is 29.2. The zero-order valence-corrected chi connectivity index (χ0v) is 17.0. The summed E-state index contributed by atoms with van der Waals surface area (Å²) >= 11 is 0. The molecule has 0 saturated heterocycles. The van der Waals surface area contributed by atoms with Crippen molar-refractivity contribution in [2.24, 2.45) is 0 Å². The number of alkyl halides is 9. The number of nitrogens with one attached hydrogen (secondary N) is 1. The predicted molar refractivity (Wildman–Crippen MR) is 92.5 cm³/mol. The van der Waals surface area contributed by atoms with Crippen molar-refractivity contribution in [1.29, 1.82) is 0 Å². The van der Waals surface area contributed by atoms with Crippen molar-refractivity contribution in [3.05, 3.63) is 42.0 Å². The molecule has 1 aromatic rings. The van der Waals surface area contributed by atoms with Gasteiger partial charge in [0.25, 0.3) is 0 Å². The molecule has 1 atom stereocenters. The average molecular weight is 533 g/mol. The smallest absolute Gasteiger partial charge is 0.412 e. The van der Waals surface area contributed by atoms with Gasteiger partial charge < -0.3 is 14.8 Å². The first-order chi connectivity index (χ1) is 15.2. The predicted octanol–water partition coefficient (Wildman–Crippen LogP) is 3.47. The van der Waals surface area contributed by atoms with Crippen LogP contribution in [-0.4, -0.2) is 55.3 Å². The Morgan fingerprint density at radius 2 is 1.50 bits per heavy atom. The van der Waals surface area contributed by atoms with Gasteiger partial charge in [-0.1, -0.05) is 6.58 Å². The van der Waals surface area contributed by atoms with E-state index in [-0.39, 0.29) is 0 Å². The molecule has 8 nitrogen and oxygen atoms in total. The summed E-state index contributed by atoms with van der Waals surface area (Å²) in [5.74, 6) is -10.1. The van der Waals surface area contributed by atoms with E-state index < -0.39 is 75.5 Å². The fourth-order valence-corrected chi connectivity index (χ4v) is 2.09. The lowest BCUT2D eigenvalue weighted by Gasteiger charge is -2.33. The van der Waals surface area contributed by atoms with E-state index >= 15 is 0 Å². The molecule has 0 spiro atoms. The van der Waals surface area contributed by atoms with Gasteiger partial charge in [-0.05, 0) is 24.3 Å². The molecule has 0 aromatic heterocycles. The van der Waals surface area contributed by atoms with Crippen LogP contribution in [0.2, 0.25) is 0 Å². The van der Waals surface area contributed by atoms with E-state index in [1.165, 1.54) is 5.32 Å². The minimum Gasteiger partial charge on any atom is -0.412 e. The second-order valence-electron chi connectivity index (χ2n) is 6.17. The van der Waals surface area contributed by atoms with E-state index in [1.807, 2.05) is 0 Å². The minimum atomic E-state index is -6.41. The van der Waals surface area contributed by atoms with Crippen molar-refractivity contribution in [2.75, 3.05) is 18.6 Å². The van der Waals surface area contributed by atoms with Gasteiger partial charge in [-0.15, -0.1) is 0 Å². The number of carbonyl (C=O) groups is 2. The Labute approximate surface area is 184 Å². The van der Waals surface area contributed by atoms with Crippen LogP contribution < -0.4 is 5.32 Å². The van der Waals surface area contributed by atoms with Gasteiger partial charge in [0.15, 0.2) is 0 Å². The number of amides is 1. The van der Waals surface area contributed by atoms with Gasteiger partial charge in [-0.2, -0.15) is 43.5 Å². The fourth-order valence-electron chi connectivity index (χ4n) is 1.88. The van der Waals surface area contributed by atoms with Gasteiger partial charge in [-0.3, -0.25) is 9.35 Å². The third-order valence-corrected chi connectivity index (χ3v) is 4.52. The molecule has 0 heterocycles. The molecule has 1 rings (SSSR count). The Hall–Kier alpha value is -2.86. The topological polar surface area (TPSA) is 119 Å². The van der Waals surface area contributed by atoms with Crippen LogP contribution in [0.25, 0.3) is 0 Å². The zero-order valence-electron chi connectivity index (χ0n) is 16.1. The number of anilines is 1. The minimum absolute atomic E-state index is 0.301. The largest absolute Gasteiger partial charge is 0.466 e. The summed E-state index contributed by atoms with van der Waals surface area (Å²) in [6, 6.07) is 1.46. The summed E-state index contributed by atoms with van der Waals surface area (Å²) < 4.78 is 156. The lowest BCUT2D eigenvalue weighted by Crippen LogP contribution is -2.61. The summed E-state index contributed by atoms with van der Waals surface area (Å²) in [4.78, 5) is 24.0. The zero-order chi connectivity index (χ0) is 26.8. The number of benzene rings is 1. The summed E-state index contributed by atoms with van der Waals surface area (Å²) in [6.07, 6.45) is -11.2. The van der Waals surface area contributed by atoms with E-state index in [0.717, 1.165) is 0 Å². The summed E-state index contributed by atoms with van der Waals surface area (Å²) in [6.45, 7) is -2.09. The maximum absolute atomic E-state index is 13.8. The number of rotatable bonds is 9. The van der Waals surface area contributed by atoms with Crippen LogP contribution in [0.4, 0.5) is 45.2 Å². The molecule has 34 heavy (non-hydrogen) atoms. The highest BCUT2D eigenvalue weighted by Gasteiger charge is 2.68. The SMILES string of the molecule is C=C(CF)C(=O)OC(OCC(F)(F)S(=O)(=O)O)(C(=O)Nc1ccc(C(F)(F)F)cc1)C(F)(F)F. The highest BCUT2D eigenvalue weighted by atomic mass is 32.2. The maximum atomic E-state index is 13.8. The number of hydrogen-bond donors (Lipinski definition) is 2. The lowest BCUT2D eigenvalue weighted by atomic mass is 10.1. The van der Waals surface area contributed by atoms with Crippen LogP contribution in [0.3, 0.4) is 0 Å². The van der Waals surface area contributed by atoms with Gasteiger partial charge >= 0.3 is 45.4 Å². The molecular formula is C16H12F9NO7S. The van der Waals surface area contributed by atoms with Crippen molar-refractivity contribution >= 4 is 27.7 Å². The number of esters is 1. The van der Waals surface area contributed by atoms with Gasteiger partial charge in [-0.25, -0.2) is 9.18 Å². The van der Waals surface area contributed by atoms with Crippen LogP contribution in [0.1, 0.15) is 5.56 Å². The van der Waals surface area contributed by atoms with Crippen LogP contribution in [-0.2, 0) is 35.4 Å². The molecule has 0 radical (unpaired) electrons. The Kier molecular flexibility index (Phi) is 8.40. The molecule has 0 aliphatic heterocycles. The van der Waals surface area contributed by atoms with Crippen molar-refractivity contribution < 1.29 is 71.5 Å². The van der Waals surface area contributed by atoms with Gasteiger partial charge in [0.1, 0.15) is 13.3 Å². The molecule has 0 aliphatic carbocycles.